The number of nitrogens with one attached hydrogen (secondary N) is 2. The highest BCUT2D eigenvalue weighted by Crippen LogP contribution is 2.17. The molecule has 3 heteroatoms. The summed E-state index contributed by atoms with van der Waals surface area (Å²) in [4.78, 5) is 10.8. The Balaban J connectivity index is -0.000000184. The van der Waals surface area contributed by atoms with E-state index in [0.717, 1.165) is 38.4 Å². The van der Waals surface area contributed by atoms with E-state index in [2.05, 4.69) is 64.8 Å². The minimum atomic E-state index is 0.207. The molecule has 0 spiro atoms. The number of Topliss-reactive ketones (excluding diaryl/α,β-unsaturated/α-hetero) is 1. The van der Waals surface area contributed by atoms with Crippen LogP contribution < -0.4 is 10.6 Å². The molecular weight excluding hydrogens is 356 g/mol. The molecule has 2 N–H and O–H groups in total. The van der Waals surface area contributed by atoms with Gasteiger partial charge in [0.2, 0.25) is 0 Å². The van der Waals surface area contributed by atoms with Gasteiger partial charge in [-0.1, -0.05) is 93.0 Å². The third-order valence-corrected chi connectivity index (χ3v) is 3.70. The predicted molar refractivity (Wildman–Crippen MR) is 136 cm³/mol. The number of hydrogen-bond acceptors (Lipinski definition) is 3. The molecule has 0 fully saturated rings. The van der Waals surface area contributed by atoms with Gasteiger partial charge in [0, 0.05) is 6.42 Å². The second kappa shape index (κ2) is 31.5. The highest BCUT2D eigenvalue weighted by molar-refractivity contribution is 5.77. The van der Waals surface area contributed by atoms with Crippen LogP contribution in [0.4, 0.5) is 0 Å². The first-order valence-electron chi connectivity index (χ1n) is 11.7. The minimum Gasteiger partial charge on any atom is -0.320 e. The topological polar surface area (TPSA) is 41.1 Å². The maximum Gasteiger partial charge on any atom is 0.133 e. The first-order valence-corrected chi connectivity index (χ1v) is 11.7. The van der Waals surface area contributed by atoms with Gasteiger partial charge in [-0.25, -0.2) is 0 Å². The summed E-state index contributed by atoms with van der Waals surface area (Å²) < 4.78 is 0. The highest BCUT2D eigenvalue weighted by atomic mass is 16.1. The highest BCUT2D eigenvalue weighted by Gasteiger charge is 2.05. The van der Waals surface area contributed by atoms with Crippen molar-refractivity contribution in [2.24, 2.45) is 5.92 Å². The van der Waals surface area contributed by atoms with E-state index in [-0.39, 0.29) is 5.78 Å². The van der Waals surface area contributed by atoms with Crippen LogP contribution in [0.2, 0.25) is 0 Å². The summed E-state index contributed by atoms with van der Waals surface area (Å²) in [6.07, 6.45) is 11.1. The van der Waals surface area contributed by atoms with Gasteiger partial charge in [0.15, 0.2) is 0 Å². The van der Waals surface area contributed by atoms with Crippen LogP contribution in [-0.4, -0.2) is 32.5 Å². The van der Waals surface area contributed by atoms with Gasteiger partial charge < -0.3 is 10.6 Å². The molecule has 1 aliphatic heterocycles. The van der Waals surface area contributed by atoms with Gasteiger partial charge in [-0.2, -0.15) is 0 Å². The van der Waals surface area contributed by atoms with Gasteiger partial charge in [0.1, 0.15) is 5.78 Å². The van der Waals surface area contributed by atoms with E-state index in [1.807, 2.05) is 33.0 Å². The largest absolute Gasteiger partial charge is 0.320 e. The van der Waals surface area contributed by atoms with Gasteiger partial charge in [-0.15, -0.1) is 0 Å². The quantitative estimate of drug-likeness (QED) is 0.490. The SMILES string of the molecule is C=CC1=C(/C=C\CC(C)=O)CCNCC1.CC.CCC.CCC(C)C.CCNC. The summed E-state index contributed by atoms with van der Waals surface area (Å²) in [5.41, 5.74) is 2.62. The number of hydrogen-bond donors (Lipinski definition) is 2. The van der Waals surface area contributed by atoms with Crippen molar-refractivity contribution in [3.05, 3.63) is 36.0 Å². The van der Waals surface area contributed by atoms with Crippen LogP contribution in [0.25, 0.3) is 0 Å². The van der Waals surface area contributed by atoms with Crippen molar-refractivity contribution in [3.63, 3.8) is 0 Å². The summed E-state index contributed by atoms with van der Waals surface area (Å²) in [6.45, 7) is 25.5. The van der Waals surface area contributed by atoms with E-state index < -0.39 is 0 Å². The number of rotatable bonds is 6. The molecule has 0 amide bonds. The molecule has 0 unspecified atom stereocenters. The van der Waals surface area contributed by atoms with Crippen molar-refractivity contribution in [2.45, 2.75) is 94.4 Å². The molecule has 174 valence electrons. The minimum absolute atomic E-state index is 0.207. The maximum absolute atomic E-state index is 10.8. The lowest BCUT2D eigenvalue weighted by atomic mass is 10.0. The molecular formula is C26H54N2O. The zero-order valence-corrected chi connectivity index (χ0v) is 21.6. The van der Waals surface area contributed by atoms with Crippen LogP contribution in [0.1, 0.15) is 94.4 Å². The van der Waals surface area contributed by atoms with Gasteiger partial charge in [0.25, 0.3) is 0 Å². The fourth-order valence-electron chi connectivity index (χ4n) is 1.68. The third-order valence-electron chi connectivity index (χ3n) is 3.70. The molecule has 1 aliphatic rings. The molecule has 0 aliphatic carbocycles. The van der Waals surface area contributed by atoms with Gasteiger partial charge in [-0.05, 0) is 63.5 Å². The van der Waals surface area contributed by atoms with Crippen LogP contribution in [0.15, 0.2) is 36.0 Å². The summed E-state index contributed by atoms with van der Waals surface area (Å²) in [6, 6.07) is 0. The van der Waals surface area contributed by atoms with Gasteiger partial charge >= 0.3 is 0 Å². The molecule has 0 saturated carbocycles. The van der Waals surface area contributed by atoms with Gasteiger partial charge in [0.05, 0.1) is 0 Å². The van der Waals surface area contributed by atoms with Crippen LogP contribution in [-0.2, 0) is 4.79 Å². The lowest BCUT2D eigenvalue weighted by Gasteiger charge is -2.03. The molecule has 0 saturated heterocycles. The normalized spacial score (nSPS) is 12.8. The third kappa shape index (κ3) is 34.7. The number of carbonyl (C=O) groups excluding carboxylic acids is 1. The van der Waals surface area contributed by atoms with Crippen molar-refractivity contribution in [1.82, 2.24) is 10.6 Å². The van der Waals surface area contributed by atoms with Crippen molar-refractivity contribution in [3.8, 4) is 0 Å². The zero-order chi connectivity index (χ0) is 23.5. The molecule has 0 aromatic carbocycles. The van der Waals surface area contributed by atoms with E-state index in [9.17, 15) is 4.79 Å². The molecule has 1 rings (SSSR count). The van der Waals surface area contributed by atoms with Crippen LogP contribution in [0, 0.1) is 5.92 Å². The monoisotopic (exact) mass is 410 g/mol. The Hall–Kier alpha value is -1.19. The zero-order valence-electron chi connectivity index (χ0n) is 21.6. The predicted octanol–water partition coefficient (Wildman–Crippen LogP) is 7.11. The van der Waals surface area contributed by atoms with Crippen molar-refractivity contribution >= 4 is 5.78 Å². The van der Waals surface area contributed by atoms with E-state index in [0.29, 0.717) is 6.42 Å². The molecule has 0 aromatic rings. The second-order valence-electron chi connectivity index (χ2n) is 7.03. The Bertz CT molecular complexity index is 394. The van der Waals surface area contributed by atoms with Crippen molar-refractivity contribution in [1.29, 1.82) is 0 Å². The Kier molecular flexibility index (Phi) is 38.3. The van der Waals surface area contributed by atoms with Crippen molar-refractivity contribution < 1.29 is 4.79 Å². The molecule has 0 atom stereocenters. The summed E-state index contributed by atoms with van der Waals surface area (Å²) in [5.74, 6) is 1.09. The Labute approximate surface area is 184 Å². The molecule has 3 nitrogen and oxygen atoms in total. The Morgan fingerprint density at radius 1 is 1.10 bits per heavy atom. The number of ketones is 1. The Morgan fingerprint density at radius 3 is 1.83 bits per heavy atom. The van der Waals surface area contributed by atoms with E-state index >= 15 is 0 Å². The second-order valence-corrected chi connectivity index (χ2v) is 7.03. The lowest BCUT2D eigenvalue weighted by Crippen LogP contribution is -2.14. The lowest BCUT2D eigenvalue weighted by molar-refractivity contribution is -0.116. The number of carbonyl (C=O) groups is 1. The first kappa shape index (κ1) is 35.3. The standard InChI is InChI=1S/C13H19NO.C5H12.C3H9N.C3H8.C2H6/c1-3-12-7-9-14-10-8-13(12)6-4-5-11(2)15;1-4-5(2)3;1-3-4-2;1-3-2;1-2/h3-4,6,14H,1,5,7-10H2,2H3;5H,4H2,1-3H3;4H,3H2,1-2H3;3H2,1-2H3;1-2H3/b6-4-;;;;. The summed E-state index contributed by atoms with van der Waals surface area (Å²) in [7, 11) is 1.93. The molecule has 1 heterocycles. The summed E-state index contributed by atoms with van der Waals surface area (Å²) in [5, 5.41) is 6.28. The fraction of sp³-hybridized carbons (Fsp3) is 0.731. The molecule has 0 bridgehead atoms. The van der Waals surface area contributed by atoms with E-state index in [4.69, 9.17) is 0 Å². The smallest absolute Gasteiger partial charge is 0.133 e. The van der Waals surface area contributed by atoms with E-state index in [1.165, 1.54) is 24.0 Å². The van der Waals surface area contributed by atoms with Gasteiger partial charge in [-0.3, -0.25) is 4.79 Å². The van der Waals surface area contributed by atoms with Crippen LogP contribution >= 0.6 is 0 Å². The van der Waals surface area contributed by atoms with Crippen LogP contribution in [0.5, 0.6) is 0 Å². The maximum atomic E-state index is 10.8. The Morgan fingerprint density at radius 2 is 1.52 bits per heavy atom. The summed E-state index contributed by atoms with van der Waals surface area (Å²) >= 11 is 0. The van der Waals surface area contributed by atoms with Crippen molar-refractivity contribution in [2.75, 3.05) is 26.7 Å². The molecule has 0 radical (unpaired) electrons. The molecule has 0 aromatic heterocycles. The average Bonchev–Trinajstić information content (AvgIpc) is 2.95. The average molecular weight is 411 g/mol. The molecule has 29 heavy (non-hydrogen) atoms. The van der Waals surface area contributed by atoms with E-state index in [1.54, 1.807) is 6.92 Å². The number of allylic oxidation sites excluding steroid dienone is 3. The van der Waals surface area contributed by atoms with Crippen LogP contribution in [0.3, 0.4) is 0 Å². The fourth-order valence-corrected chi connectivity index (χ4v) is 1.68. The first-order chi connectivity index (χ1) is 13.8.